The van der Waals surface area contributed by atoms with E-state index in [0.717, 1.165) is 5.56 Å². The minimum atomic E-state index is -0.766. The van der Waals surface area contributed by atoms with Gasteiger partial charge in [0.1, 0.15) is 17.2 Å². The Balaban J connectivity index is 2.25. The zero-order chi connectivity index (χ0) is 23.4. The van der Waals surface area contributed by atoms with E-state index in [0.29, 0.717) is 45.3 Å². The van der Waals surface area contributed by atoms with Gasteiger partial charge in [-0.15, -0.1) is 0 Å². The lowest BCUT2D eigenvalue weighted by Crippen LogP contribution is -2.33. The molecule has 8 heteroatoms. The molecule has 170 valence electrons. The highest BCUT2D eigenvalue weighted by molar-refractivity contribution is 6.00. The predicted octanol–water partition coefficient (Wildman–Crippen LogP) is 4.02. The van der Waals surface area contributed by atoms with Gasteiger partial charge in [0, 0.05) is 22.5 Å². The molecule has 0 fully saturated rings. The van der Waals surface area contributed by atoms with Gasteiger partial charge in [0.05, 0.1) is 37.4 Å². The first kappa shape index (κ1) is 23.1. The maximum atomic E-state index is 13.0. The summed E-state index contributed by atoms with van der Waals surface area (Å²) in [4.78, 5) is 26.1. The molecule has 1 N–H and O–H groups in total. The summed E-state index contributed by atoms with van der Waals surface area (Å²) < 4.78 is 21.5. The first-order valence-electron chi connectivity index (χ1n) is 10.5. The molecule has 1 aromatic carbocycles. The smallest absolute Gasteiger partial charge is 0.336 e. The van der Waals surface area contributed by atoms with Gasteiger partial charge in [0.15, 0.2) is 0 Å². The largest absolute Gasteiger partial charge is 0.497 e. The Kier molecular flexibility index (Phi) is 7.02. The molecule has 2 heterocycles. The van der Waals surface area contributed by atoms with Gasteiger partial charge in [0.25, 0.3) is 0 Å². The number of carbonyl (C=O) groups is 2. The molecule has 0 bridgehead atoms. The third kappa shape index (κ3) is 4.26. The number of esters is 2. The lowest BCUT2D eigenvalue weighted by Gasteiger charge is -2.30. The lowest BCUT2D eigenvalue weighted by atomic mass is 9.78. The topological polar surface area (TPSA) is 99.9 Å². The molecule has 8 nitrogen and oxygen atoms in total. The van der Waals surface area contributed by atoms with E-state index < -0.39 is 17.9 Å². The predicted molar refractivity (Wildman–Crippen MR) is 118 cm³/mol. The molecular weight excluding hydrogens is 412 g/mol. The Hall–Kier alpha value is -3.55. The molecule has 1 aliphatic heterocycles. The van der Waals surface area contributed by atoms with Crippen LogP contribution in [0.2, 0.25) is 0 Å². The van der Waals surface area contributed by atoms with Crippen LogP contribution in [0.3, 0.4) is 0 Å². The van der Waals surface area contributed by atoms with E-state index in [4.69, 9.17) is 18.7 Å². The van der Waals surface area contributed by atoms with Crippen LogP contribution in [0.15, 0.2) is 51.3 Å². The number of aryl methyl sites for hydroxylation is 1. The lowest BCUT2D eigenvalue weighted by molar-refractivity contribution is -0.139. The van der Waals surface area contributed by atoms with Crippen molar-refractivity contribution >= 4 is 11.9 Å². The number of nitrogens with zero attached hydrogens (tertiary/aromatic N) is 1. The third-order valence-corrected chi connectivity index (χ3v) is 5.31. The van der Waals surface area contributed by atoms with Gasteiger partial charge in [-0.3, -0.25) is 0 Å². The molecule has 2 aromatic rings. The fourth-order valence-corrected chi connectivity index (χ4v) is 3.92. The Labute approximate surface area is 187 Å². The number of nitrogens with one attached hydrogen (secondary N) is 1. The van der Waals surface area contributed by atoms with Gasteiger partial charge in [-0.1, -0.05) is 5.16 Å². The highest BCUT2D eigenvalue weighted by Crippen LogP contribution is 2.44. The van der Waals surface area contributed by atoms with Gasteiger partial charge in [-0.2, -0.15) is 0 Å². The molecule has 0 radical (unpaired) electrons. The van der Waals surface area contributed by atoms with E-state index in [2.05, 4.69) is 10.5 Å². The maximum Gasteiger partial charge on any atom is 0.336 e. The number of benzene rings is 1. The van der Waals surface area contributed by atoms with Crippen molar-refractivity contribution in [3.05, 3.63) is 58.1 Å². The number of hydrogen-bond acceptors (Lipinski definition) is 8. The average Bonchev–Trinajstić information content (AvgIpc) is 3.14. The first-order valence-corrected chi connectivity index (χ1v) is 10.5. The summed E-state index contributed by atoms with van der Waals surface area (Å²) >= 11 is 0. The Morgan fingerprint density at radius 3 is 1.97 bits per heavy atom. The van der Waals surface area contributed by atoms with Crippen LogP contribution >= 0.6 is 0 Å². The van der Waals surface area contributed by atoms with Gasteiger partial charge < -0.3 is 24.1 Å². The zero-order valence-corrected chi connectivity index (χ0v) is 19.2. The number of methoxy groups -OCH3 is 1. The number of ether oxygens (including phenoxy) is 3. The normalized spacial score (nSPS) is 14.3. The van der Waals surface area contributed by atoms with Gasteiger partial charge >= 0.3 is 11.9 Å². The van der Waals surface area contributed by atoms with E-state index in [1.165, 1.54) is 0 Å². The minimum Gasteiger partial charge on any atom is -0.497 e. The van der Waals surface area contributed by atoms with Crippen LogP contribution in [0.4, 0.5) is 0 Å². The summed E-state index contributed by atoms with van der Waals surface area (Å²) in [5, 5.41) is 7.39. The number of dihydropyridines is 1. The fourth-order valence-electron chi connectivity index (χ4n) is 3.92. The molecule has 0 spiro atoms. The van der Waals surface area contributed by atoms with Crippen LogP contribution < -0.4 is 10.1 Å². The second kappa shape index (κ2) is 9.72. The van der Waals surface area contributed by atoms with Crippen molar-refractivity contribution in [3.63, 3.8) is 0 Å². The fraction of sp³-hybridized carbons (Fsp3) is 0.375. The van der Waals surface area contributed by atoms with Gasteiger partial charge in [0.2, 0.25) is 0 Å². The summed E-state index contributed by atoms with van der Waals surface area (Å²) in [6.07, 6.45) is 0. The Bertz CT molecular complexity index is 1040. The van der Waals surface area contributed by atoms with Crippen LogP contribution in [0, 0.1) is 6.92 Å². The zero-order valence-electron chi connectivity index (χ0n) is 19.2. The number of carbonyl (C=O) groups excluding carboxylic acids is 2. The molecular formula is C24H28N2O6. The van der Waals surface area contributed by atoms with Crippen molar-refractivity contribution < 1.29 is 28.3 Å². The second-order valence-electron chi connectivity index (χ2n) is 7.31. The van der Waals surface area contributed by atoms with Crippen molar-refractivity contribution in [3.8, 4) is 17.0 Å². The second-order valence-corrected chi connectivity index (χ2v) is 7.31. The standard InChI is InChI=1S/C24H28N2O6/c1-7-30-23(27)18-13(3)25-14(4)19(24(28)31-8-2)21(18)20-15(5)32-26-22(20)16-9-11-17(29-6)12-10-16/h9-12,21,25H,7-8H2,1-6H3. The number of hydrogen-bond donors (Lipinski definition) is 1. The van der Waals surface area contributed by atoms with Crippen molar-refractivity contribution in [2.24, 2.45) is 0 Å². The van der Waals surface area contributed by atoms with Gasteiger partial charge in [-0.25, -0.2) is 9.59 Å². The van der Waals surface area contributed by atoms with Crippen LogP contribution in [0.5, 0.6) is 5.75 Å². The van der Waals surface area contributed by atoms with Crippen molar-refractivity contribution in [2.45, 2.75) is 40.5 Å². The molecule has 32 heavy (non-hydrogen) atoms. The van der Waals surface area contributed by atoms with Crippen molar-refractivity contribution in [2.75, 3.05) is 20.3 Å². The van der Waals surface area contributed by atoms with E-state index in [9.17, 15) is 9.59 Å². The molecule has 0 saturated carbocycles. The summed E-state index contributed by atoms with van der Waals surface area (Å²) in [7, 11) is 1.59. The number of aromatic nitrogens is 1. The summed E-state index contributed by atoms with van der Waals surface area (Å²) in [5.41, 5.74) is 3.74. The highest BCUT2D eigenvalue weighted by Gasteiger charge is 2.41. The van der Waals surface area contributed by atoms with Crippen LogP contribution in [-0.4, -0.2) is 37.4 Å². The highest BCUT2D eigenvalue weighted by atomic mass is 16.5. The van der Waals surface area contributed by atoms with Gasteiger partial charge in [-0.05, 0) is 58.9 Å². The van der Waals surface area contributed by atoms with E-state index in [1.54, 1.807) is 41.7 Å². The summed E-state index contributed by atoms with van der Waals surface area (Å²) in [6, 6.07) is 7.32. The minimum absolute atomic E-state index is 0.202. The SMILES string of the molecule is CCOC(=O)C1=C(C)NC(C)=C(C(=O)OCC)C1c1c(-c2ccc(OC)cc2)noc1C. The molecule has 3 rings (SSSR count). The molecule has 0 unspecified atom stereocenters. The number of rotatable bonds is 7. The molecule has 1 aliphatic rings. The quantitative estimate of drug-likeness (QED) is 0.645. The molecule has 1 aromatic heterocycles. The van der Waals surface area contributed by atoms with E-state index >= 15 is 0 Å². The summed E-state index contributed by atoms with van der Waals surface area (Å²) in [6.45, 7) is 9.19. The summed E-state index contributed by atoms with van der Waals surface area (Å²) in [5.74, 6) is -0.607. The average molecular weight is 440 g/mol. The maximum absolute atomic E-state index is 13.0. The van der Waals surface area contributed by atoms with Crippen LogP contribution in [0.25, 0.3) is 11.3 Å². The Morgan fingerprint density at radius 1 is 0.969 bits per heavy atom. The first-order chi connectivity index (χ1) is 15.3. The van der Waals surface area contributed by atoms with Crippen molar-refractivity contribution in [1.29, 1.82) is 0 Å². The molecule has 0 aliphatic carbocycles. The number of allylic oxidation sites excluding steroid dienone is 2. The van der Waals surface area contributed by atoms with E-state index in [-0.39, 0.29) is 13.2 Å². The molecule has 0 amide bonds. The Morgan fingerprint density at radius 2 is 1.50 bits per heavy atom. The van der Waals surface area contributed by atoms with E-state index in [1.807, 2.05) is 24.3 Å². The molecule has 0 atom stereocenters. The van der Waals surface area contributed by atoms with Crippen LogP contribution in [0.1, 0.15) is 44.9 Å². The van der Waals surface area contributed by atoms with Crippen LogP contribution in [-0.2, 0) is 19.1 Å². The third-order valence-electron chi connectivity index (χ3n) is 5.31. The monoisotopic (exact) mass is 440 g/mol. The van der Waals surface area contributed by atoms with Crippen molar-refractivity contribution in [1.82, 2.24) is 10.5 Å². The molecule has 0 saturated heterocycles.